The minimum atomic E-state index is 0.109. The third kappa shape index (κ3) is 2.63. The normalized spacial score (nSPS) is 26.9. The monoisotopic (exact) mass is 392 g/mol. The van der Waals surface area contributed by atoms with Crippen LogP contribution in [0.4, 0.5) is 0 Å². The van der Waals surface area contributed by atoms with Crippen LogP contribution in [0.1, 0.15) is 49.0 Å². The first kappa shape index (κ1) is 16.4. The zero-order valence-electron chi connectivity index (χ0n) is 16.3. The SMILES string of the molecule is c1c2c(cc3c1-c1cc4c(cc1C(C1CC1)OC3C1CC1)OCCO4)OCCO2. The molecule has 3 aliphatic heterocycles. The highest BCUT2D eigenvalue weighted by molar-refractivity contribution is 5.78. The van der Waals surface area contributed by atoms with Gasteiger partial charge < -0.3 is 23.7 Å². The van der Waals surface area contributed by atoms with E-state index in [2.05, 4.69) is 24.3 Å². The summed E-state index contributed by atoms with van der Waals surface area (Å²) in [4.78, 5) is 0. The summed E-state index contributed by atoms with van der Waals surface area (Å²) >= 11 is 0. The van der Waals surface area contributed by atoms with Gasteiger partial charge in [0.25, 0.3) is 0 Å². The number of hydrogen-bond acceptors (Lipinski definition) is 5. The van der Waals surface area contributed by atoms with Gasteiger partial charge in [-0.1, -0.05) is 0 Å². The summed E-state index contributed by atoms with van der Waals surface area (Å²) < 4.78 is 30.6. The van der Waals surface area contributed by atoms with E-state index < -0.39 is 0 Å². The molecular formula is C24H24O5. The third-order valence-electron chi connectivity index (χ3n) is 6.73. The molecule has 2 aromatic carbocycles. The quantitative estimate of drug-likeness (QED) is 0.733. The highest BCUT2D eigenvalue weighted by atomic mass is 16.6. The number of fused-ring (bicyclic) bond motifs is 5. The first-order chi connectivity index (χ1) is 14.3. The summed E-state index contributed by atoms with van der Waals surface area (Å²) in [6.45, 7) is 2.38. The van der Waals surface area contributed by atoms with Crippen molar-refractivity contribution in [2.75, 3.05) is 26.4 Å². The molecule has 7 rings (SSSR count). The molecule has 0 spiro atoms. The third-order valence-corrected chi connectivity index (χ3v) is 6.73. The van der Waals surface area contributed by atoms with E-state index in [1.165, 1.54) is 47.9 Å². The second kappa shape index (κ2) is 6.05. The summed E-state index contributed by atoms with van der Waals surface area (Å²) in [5.41, 5.74) is 4.86. The molecule has 0 bridgehead atoms. The maximum atomic E-state index is 6.90. The van der Waals surface area contributed by atoms with Gasteiger partial charge in [-0.25, -0.2) is 0 Å². The van der Waals surface area contributed by atoms with Crippen molar-refractivity contribution in [2.45, 2.75) is 37.9 Å². The first-order valence-electron chi connectivity index (χ1n) is 10.9. The summed E-state index contributed by atoms with van der Waals surface area (Å²) in [6.07, 6.45) is 5.14. The van der Waals surface area contributed by atoms with Crippen molar-refractivity contribution in [3.63, 3.8) is 0 Å². The van der Waals surface area contributed by atoms with Gasteiger partial charge in [-0.2, -0.15) is 0 Å². The van der Waals surface area contributed by atoms with Gasteiger partial charge in [-0.15, -0.1) is 0 Å². The molecule has 3 heterocycles. The van der Waals surface area contributed by atoms with E-state index in [-0.39, 0.29) is 12.2 Å². The van der Waals surface area contributed by atoms with Crippen LogP contribution in [0.2, 0.25) is 0 Å². The smallest absolute Gasteiger partial charge is 0.162 e. The minimum absolute atomic E-state index is 0.109. The lowest BCUT2D eigenvalue weighted by molar-refractivity contribution is -0.0369. The van der Waals surface area contributed by atoms with Crippen LogP contribution in [0.5, 0.6) is 23.0 Å². The molecule has 5 nitrogen and oxygen atoms in total. The largest absolute Gasteiger partial charge is 0.486 e. The Balaban J connectivity index is 1.48. The molecule has 29 heavy (non-hydrogen) atoms. The Morgan fingerprint density at radius 3 is 1.28 bits per heavy atom. The summed E-state index contributed by atoms with van der Waals surface area (Å²) in [7, 11) is 0. The van der Waals surface area contributed by atoms with Crippen LogP contribution >= 0.6 is 0 Å². The molecule has 2 fully saturated rings. The molecule has 2 unspecified atom stereocenters. The van der Waals surface area contributed by atoms with Crippen LogP contribution < -0.4 is 18.9 Å². The maximum Gasteiger partial charge on any atom is 0.162 e. The molecule has 2 aromatic rings. The van der Waals surface area contributed by atoms with Crippen LogP contribution in [0.3, 0.4) is 0 Å². The lowest BCUT2D eigenvalue weighted by Gasteiger charge is -2.25. The molecule has 5 aliphatic rings. The Morgan fingerprint density at radius 2 is 0.897 bits per heavy atom. The van der Waals surface area contributed by atoms with E-state index in [0.717, 1.165) is 23.0 Å². The highest BCUT2D eigenvalue weighted by Crippen LogP contribution is 2.58. The van der Waals surface area contributed by atoms with E-state index in [1.807, 2.05) is 0 Å². The molecule has 5 heteroatoms. The summed E-state index contributed by atoms with van der Waals surface area (Å²) in [5.74, 6) is 4.52. The average molecular weight is 392 g/mol. The van der Waals surface area contributed by atoms with Crippen molar-refractivity contribution in [1.29, 1.82) is 0 Å². The van der Waals surface area contributed by atoms with E-state index in [1.54, 1.807) is 0 Å². The Bertz CT molecular complexity index is 912. The van der Waals surface area contributed by atoms with E-state index in [0.29, 0.717) is 38.3 Å². The number of ether oxygens (including phenoxy) is 5. The summed E-state index contributed by atoms with van der Waals surface area (Å²) in [5, 5.41) is 0. The van der Waals surface area contributed by atoms with Crippen LogP contribution in [-0.2, 0) is 4.74 Å². The highest BCUT2D eigenvalue weighted by Gasteiger charge is 2.44. The number of hydrogen-bond donors (Lipinski definition) is 0. The van der Waals surface area contributed by atoms with Crippen LogP contribution in [0.15, 0.2) is 24.3 Å². The number of benzene rings is 2. The Kier molecular flexibility index (Phi) is 3.42. The fourth-order valence-corrected chi connectivity index (χ4v) is 4.98. The molecule has 0 saturated heterocycles. The van der Waals surface area contributed by atoms with Crippen molar-refractivity contribution in [1.82, 2.24) is 0 Å². The molecule has 2 aliphatic carbocycles. The van der Waals surface area contributed by atoms with Gasteiger partial charge >= 0.3 is 0 Å². The van der Waals surface area contributed by atoms with E-state index in [9.17, 15) is 0 Å². The van der Waals surface area contributed by atoms with Gasteiger partial charge in [0.1, 0.15) is 26.4 Å². The van der Waals surface area contributed by atoms with Gasteiger partial charge in [0.2, 0.25) is 0 Å². The maximum absolute atomic E-state index is 6.90. The second-order valence-electron chi connectivity index (χ2n) is 8.82. The van der Waals surface area contributed by atoms with Gasteiger partial charge in [0.05, 0.1) is 12.2 Å². The summed E-state index contributed by atoms with van der Waals surface area (Å²) in [6, 6.07) is 8.66. The molecule has 0 N–H and O–H groups in total. The Hall–Kier alpha value is -2.40. The van der Waals surface area contributed by atoms with Crippen LogP contribution in [0.25, 0.3) is 11.1 Å². The Morgan fingerprint density at radius 1 is 0.517 bits per heavy atom. The van der Waals surface area contributed by atoms with Crippen molar-refractivity contribution < 1.29 is 23.7 Å². The first-order valence-corrected chi connectivity index (χ1v) is 10.9. The molecule has 0 aromatic heterocycles. The van der Waals surface area contributed by atoms with Gasteiger partial charge in [0, 0.05) is 0 Å². The average Bonchev–Trinajstić information content (AvgIpc) is 3.65. The van der Waals surface area contributed by atoms with Gasteiger partial charge in [0.15, 0.2) is 23.0 Å². The molecule has 0 amide bonds. The lowest BCUT2D eigenvalue weighted by Crippen LogP contribution is -2.17. The van der Waals surface area contributed by atoms with E-state index in [4.69, 9.17) is 23.7 Å². The fraction of sp³-hybridized carbons (Fsp3) is 0.500. The van der Waals surface area contributed by atoms with Crippen molar-refractivity contribution >= 4 is 0 Å². The predicted molar refractivity (Wildman–Crippen MR) is 106 cm³/mol. The molecule has 2 saturated carbocycles. The molecule has 150 valence electrons. The van der Waals surface area contributed by atoms with Crippen molar-refractivity contribution in [3.05, 3.63) is 35.4 Å². The fourth-order valence-electron chi connectivity index (χ4n) is 4.98. The molecule has 0 radical (unpaired) electrons. The van der Waals surface area contributed by atoms with E-state index >= 15 is 0 Å². The van der Waals surface area contributed by atoms with Crippen LogP contribution in [-0.4, -0.2) is 26.4 Å². The number of rotatable bonds is 2. The second-order valence-corrected chi connectivity index (χ2v) is 8.82. The topological polar surface area (TPSA) is 46.2 Å². The standard InChI is InChI=1S/C24H24O5/c1-2-13(1)23-17-11-21-19(25-5-7-27-21)9-15(17)16-10-20-22(28-8-6-26-20)12-18(16)24(29-23)14-3-4-14/h9-14,23-24H,1-8H2. The van der Waals surface area contributed by atoms with Gasteiger partial charge in [-0.3, -0.25) is 0 Å². The minimum Gasteiger partial charge on any atom is -0.486 e. The molecule has 2 atom stereocenters. The van der Waals surface area contributed by atoms with Crippen molar-refractivity contribution in [3.8, 4) is 34.1 Å². The zero-order valence-corrected chi connectivity index (χ0v) is 16.3. The molecular weight excluding hydrogens is 368 g/mol. The van der Waals surface area contributed by atoms with Crippen molar-refractivity contribution in [2.24, 2.45) is 11.8 Å². The Labute approximate surface area is 169 Å². The lowest BCUT2D eigenvalue weighted by atomic mass is 9.90. The predicted octanol–water partition coefficient (Wildman–Crippen LogP) is 4.83. The zero-order chi connectivity index (χ0) is 18.9. The van der Waals surface area contributed by atoms with Crippen LogP contribution in [0, 0.1) is 11.8 Å². The van der Waals surface area contributed by atoms with Gasteiger partial charge in [-0.05, 0) is 84.0 Å².